The molecule has 1 heterocycles. The fourth-order valence-corrected chi connectivity index (χ4v) is 4.47. The van der Waals surface area contributed by atoms with E-state index in [0.717, 1.165) is 33.4 Å². The molecule has 0 unspecified atom stereocenters. The summed E-state index contributed by atoms with van der Waals surface area (Å²) < 4.78 is 31.0. The van der Waals surface area contributed by atoms with Gasteiger partial charge in [-0.25, -0.2) is 4.39 Å². The van der Waals surface area contributed by atoms with Crippen molar-refractivity contribution in [3.63, 3.8) is 0 Å². The number of hydrogen-bond acceptors (Lipinski definition) is 7. The number of fused-ring (bicyclic) bond motifs is 1. The highest BCUT2D eigenvalue weighted by Crippen LogP contribution is 2.45. The molecule has 2 aromatic carbocycles. The van der Waals surface area contributed by atoms with Crippen molar-refractivity contribution in [3.05, 3.63) is 88.5 Å². The first-order chi connectivity index (χ1) is 18.8. The van der Waals surface area contributed by atoms with E-state index in [4.69, 9.17) is 24.3 Å². The van der Waals surface area contributed by atoms with Gasteiger partial charge in [-0.1, -0.05) is 12.1 Å². The molecule has 4 rings (SSSR count). The Kier molecular flexibility index (Phi) is 9.01. The molecule has 0 radical (unpaired) electrons. The number of nitrogens with zero attached hydrogens (tertiary/aromatic N) is 1. The third-order valence-corrected chi connectivity index (χ3v) is 6.42. The van der Waals surface area contributed by atoms with Gasteiger partial charge in [0.25, 0.3) is 0 Å². The van der Waals surface area contributed by atoms with Crippen LogP contribution < -0.4 is 19.5 Å². The smallest absolute Gasteiger partial charge is 0.454 e. The standard InChI is InChI=1S/C29H30BFN2O6/c1-18-23(11-20-12-26(37-2)29(27(13-20)38-3)39-10-8-30(35)36)22-7-6-21(31)14-25(22)24(18)15-28(34)33-17-19-5-4-9-32-16-19/h4-7,9,11-14,16,35-36H,8,10,15,17H2,1-3H3,(H,33,34)/b23-11-. The SMILES string of the molecule is COc1cc(/C=C2/C(C)=C(CC(=O)NCc3cccnc3)c3cc(F)ccc32)cc(OC)c1OCCB(O)O. The number of benzene rings is 2. The molecule has 1 aliphatic carbocycles. The highest BCUT2D eigenvalue weighted by Gasteiger charge is 2.26. The van der Waals surface area contributed by atoms with Crippen molar-refractivity contribution in [2.75, 3.05) is 20.8 Å². The van der Waals surface area contributed by atoms with E-state index in [-0.39, 0.29) is 31.1 Å². The molecule has 3 N–H and O–H groups in total. The predicted octanol–water partition coefficient (Wildman–Crippen LogP) is 4.12. The zero-order chi connectivity index (χ0) is 27.9. The van der Waals surface area contributed by atoms with Crippen molar-refractivity contribution in [2.45, 2.75) is 26.2 Å². The van der Waals surface area contributed by atoms with Crippen molar-refractivity contribution < 1.29 is 33.4 Å². The third-order valence-electron chi connectivity index (χ3n) is 6.42. The van der Waals surface area contributed by atoms with E-state index in [1.165, 1.54) is 26.4 Å². The summed E-state index contributed by atoms with van der Waals surface area (Å²) in [6.07, 6.45) is 5.41. The maximum atomic E-state index is 14.3. The number of pyridine rings is 1. The van der Waals surface area contributed by atoms with E-state index < -0.39 is 7.12 Å². The number of carbonyl (C=O) groups is 1. The minimum Gasteiger partial charge on any atom is -0.493 e. The summed E-state index contributed by atoms with van der Waals surface area (Å²) in [5.41, 5.74) is 5.59. The summed E-state index contributed by atoms with van der Waals surface area (Å²) in [6, 6.07) is 11.8. The number of amides is 1. The van der Waals surface area contributed by atoms with Gasteiger partial charge in [0.05, 0.1) is 27.2 Å². The number of halogens is 1. The van der Waals surface area contributed by atoms with Gasteiger partial charge in [0, 0.05) is 25.3 Å². The zero-order valence-electron chi connectivity index (χ0n) is 22.0. The lowest BCUT2D eigenvalue weighted by Gasteiger charge is -2.16. The van der Waals surface area contributed by atoms with Crippen LogP contribution in [0.2, 0.25) is 6.32 Å². The average Bonchev–Trinajstić information content (AvgIpc) is 3.17. The lowest BCUT2D eigenvalue weighted by atomic mass is 9.87. The lowest BCUT2D eigenvalue weighted by molar-refractivity contribution is -0.120. The second kappa shape index (κ2) is 12.6. The van der Waals surface area contributed by atoms with Gasteiger partial charge in [0.1, 0.15) is 5.82 Å². The molecule has 0 atom stereocenters. The topological polar surface area (TPSA) is 110 Å². The van der Waals surface area contributed by atoms with Crippen LogP contribution in [0, 0.1) is 5.82 Å². The van der Waals surface area contributed by atoms with Gasteiger partial charge in [0.2, 0.25) is 11.7 Å². The Morgan fingerprint density at radius 3 is 2.49 bits per heavy atom. The van der Waals surface area contributed by atoms with Crippen molar-refractivity contribution in [3.8, 4) is 17.2 Å². The van der Waals surface area contributed by atoms with Crippen LogP contribution in [0.5, 0.6) is 17.2 Å². The molecule has 0 aliphatic heterocycles. The first kappa shape index (κ1) is 27.9. The Labute approximate surface area is 226 Å². The summed E-state index contributed by atoms with van der Waals surface area (Å²) >= 11 is 0. The highest BCUT2D eigenvalue weighted by atomic mass is 19.1. The van der Waals surface area contributed by atoms with Crippen LogP contribution in [0.15, 0.2) is 60.4 Å². The molecule has 1 aliphatic rings. The van der Waals surface area contributed by atoms with E-state index in [9.17, 15) is 9.18 Å². The van der Waals surface area contributed by atoms with E-state index >= 15 is 0 Å². The number of carbonyl (C=O) groups excluding carboxylic acids is 1. The van der Waals surface area contributed by atoms with E-state index in [2.05, 4.69) is 10.3 Å². The quantitative estimate of drug-likeness (QED) is 0.319. The fraction of sp³-hybridized carbons (Fsp3) is 0.241. The van der Waals surface area contributed by atoms with E-state index in [1.807, 2.05) is 25.1 Å². The Morgan fingerprint density at radius 2 is 1.85 bits per heavy atom. The molecule has 1 amide bonds. The Morgan fingerprint density at radius 1 is 1.10 bits per heavy atom. The molecular formula is C29H30BFN2O6. The Hall–Kier alpha value is -4.15. The van der Waals surface area contributed by atoms with Crippen LogP contribution in [0.4, 0.5) is 4.39 Å². The highest BCUT2D eigenvalue weighted by molar-refractivity contribution is 6.41. The summed E-state index contributed by atoms with van der Waals surface area (Å²) in [7, 11) is 1.51. The molecule has 0 fully saturated rings. The summed E-state index contributed by atoms with van der Waals surface area (Å²) in [6.45, 7) is 2.32. The van der Waals surface area contributed by atoms with Crippen molar-refractivity contribution in [1.29, 1.82) is 0 Å². The van der Waals surface area contributed by atoms with Gasteiger partial charge in [0.15, 0.2) is 11.5 Å². The maximum Gasteiger partial charge on any atom is 0.454 e. The molecule has 0 spiro atoms. The Bertz CT molecular complexity index is 1380. The second-order valence-corrected chi connectivity index (χ2v) is 9.04. The monoisotopic (exact) mass is 532 g/mol. The number of methoxy groups -OCH3 is 2. The molecule has 0 saturated heterocycles. The molecule has 0 bridgehead atoms. The van der Waals surface area contributed by atoms with Gasteiger partial charge in [-0.2, -0.15) is 0 Å². The van der Waals surface area contributed by atoms with Gasteiger partial charge in [-0.3, -0.25) is 9.78 Å². The molecule has 0 saturated carbocycles. The molecular weight excluding hydrogens is 502 g/mol. The number of aromatic nitrogens is 1. The van der Waals surface area contributed by atoms with Gasteiger partial charge in [-0.05, 0) is 82.3 Å². The number of ether oxygens (including phenoxy) is 3. The predicted molar refractivity (Wildman–Crippen MR) is 148 cm³/mol. The van der Waals surface area contributed by atoms with Crippen molar-refractivity contribution in [2.24, 2.45) is 0 Å². The van der Waals surface area contributed by atoms with Gasteiger partial charge >= 0.3 is 7.12 Å². The molecule has 10 heteroatoms. The summed E-state index contributed by atoms with van der Waals surface area (Å²) in [5.74, 6) is 0.594. The third kappa shape index (κ3) is 6.65. The van der Waals surface area contributed by atoms with Crippen LogP contribution in [-0.2, 0) is 11.3 Å². The molecule has 202 valence electrons. The van der Waals surface area contributed by atoms with Crippen LogP contribution in [0.1, 0.15) is 35.6 Å². The summed E-state index contributed by atoms with van der Waals surface area (Å²) in [5, 5.41) is 21.1. The lowest BCUT2D eigenvalue weighted by Crippen LogP contribution is -2.22. The van der Waals surface area contributed by atoms with E-state index in [1.54, 1.807) is 30.6 Å². The number of hydrogen-bond donors (Lipinski definition) is 3. The average molecular weight is 532 g/mol. The van der Waals surface area contributed by atoms with Crippen LogP contribution in [-0.4, -0.2) is 48.9 Å². The number of rotatable bonds is 11. The second-order valence-electron chi connectivity index (χ2n) is 9.04. The van der Waals surface area contributed by atoms with E-state index in [0.29, 0.717) is 29.4 Å². The molecule has 3 aromatic rings. The Balaban J connectivity index is 1.65. The van der Waals surface area contributed by atoms with Crippen LogP contribution in [0.25, 0.3) is 17.2 Å². The van der Waals surface area contributed by atoms with Crippen LogP contribution in [0.3, 0.4) is 0 Å². The summed E-state index contributed by atoms with van der Waals surface area (Å²) in [4.78, 5) is 16.9. The molecule has 8 nitrogen and oxygen atoms in total. The van der Waals surface area contributed by atoms with Crippen molar-refractivity contribution in [1.82, 2.24) is 10.3 Å². The normalized spacial score (nSPS) is 13.3. The first-order valence-electron chi connectivity index (χ1n) is 12.4. The zero-order valence-corrected chi connectivity index (χ0v) is 22.0. The number of nitrogens with one attached hydrogen (secondary N) is 1. The minimum absolute atomic E-state index is 0.0219. The first-order valence-corrected chi connectivity index (χ1v) is 12.4. The van der Waals surface area contributed by atoms with Crippen molar-refractivity contribution >= 4 is 30.2 Å². The fourth-order valence-electron chi connectivity index (χ4n) is 4.47. The van der Waals surface area contributed by atoms with Gasteiger partial charge in [-0.15, -0.1) is 0 Å². The maximum absolute atomic E-state index is 14.3. The number of allylic oxidation sites excluding steroid dienone is 2. The molecule has 39 heavy (non-hydrogen) atoms. The molecule has 1 aromatic heterocycles. The van der Waals surface area contributed by atoms with Gasteiger partial charge < -0.3 is 29.6 Å². The largest absolute Gasteiger partial charge is 0.493 e. The minimum atomic E-state index is -1.49. The van der Waals surface area contributed by atoms with Crippen LogP contribution >= 0.6 is 0 Å².